The normalized spacial score (nSPS) is 12.8. The van der Waals surface area contributed by atoms with Crippen LogP contribution in [0.3, 0.4) is 0 Å². The molecule has 7 nitrogen and oxygen atoms in total. The fourth-order valence-electron chi connectivity index (χ4n) is 2.15. The monoisotopic (exact) mass is 350 g/mol. The van der Waals surface area contributed by atoms with Crippen molar-refractivity contribution >= 4 is 15.9 Å². The molecule has 1 unspecified atom stereocenters. The summed E-state index contributed by atoms with van der Waals surface area (Å²) < 4.78 is 10.3. The highest BCUT2D eigenvalue weighted by Crippen LogP contribution is 2.24. The SMILES string of the molecule is Cc1nn(C)cc1-c1nnc(C(C)Cn2cc(Br)cn2)o1. The van der Waals surface area contributed by atoms with Gasteiger partial charge in [0.05, 0.1) is 34.4 Å². The van der Waals surface area contributed by atoms with Crippen LogP contribution >= 0.6 is 15.9 Å². The Balaban J connectivity index is 1.79. The summed E-state index contributed by atoms with van der Waals surface area (Å²) in [5.74, 6) is 1.18. The van der Waals surface area contributed by atoms with Gasteiger partial charge in [0.15, 0.2) is 0 Å². The molecular weight excluding hydrogens is 336 g/mol. The highest BCUT2D eigenvalue weighted by molar-refractivity contribution is 9.10. The summed E-state index contributed by atoms with van der Waals surface area (Å²) in [6.07, 6.45) is 5.55. The summed E-state index contributed by atoms with van der Waals surface area (Å²) in [5, 5.41) is 16.8. The molecule has 21 heavy (non-hydrogen) atoms. The van der Waals surface area contributed by atoms with Gasteiger partial charge in [-0.05, 0) is 22.9 Å². The Labute approximate surface area is 130 Å². The first-order valence-corrected chi connectivity index (χ1v) is 7.34. The zero-order valence-corrected chi connectivity index (χ0v) is 13.6. The molecular formula is C13H15BrN6O. The molecule has 0 fully saturated rings. The van der Waals surface area contributed by atoms with E-state index in [9.17, 15) is 0 Å². The molecule has 1 atom stereocenters. The van der Waals surface area contributed by atoms with Crippen LogP contribution in [0.15, 0.2) is 27.5 Å². The van der Waals surface area contributed by atoms with Crippen LogP contribution in [0, 0.1) is 6.92 Å². The predicted octanol–water partition coefficient (Wildman–Crippen LogP) is 2.54. The second-order valence-corrected chi connectivity index (χ2v) is 5.94. The average Bonchev–Trinajstić information content (AvgIpc) is 3.10. The molecule has 0 spiro atoms. The van der Waals surface area contributed by atoms with Gasteiger partial charge in [-0.1, -0.05) is 6.92 Å². The molecule has 0 amide bonds. The van der Waals surface area contributed by atoms with Crippen LogP contribution in [-0.4, -0.2) is 29.8 Å². The minimum atomic E-state index is 0.0787. The first-order valence-electron chi connectivity index (χ1n) is 6.55. The zero-order valence-electron chi connectivity index (χ0n) is 12.0. The second-order valence-electron chi connectivity index (χ2n) is 5.03. The number of halogens is 1. The third-order valence-electron chi connectivity index (χ3n) is 3.17. The van der Waals surface area contributed by atoms with Crippen LogP contribution in [0.2, 0.25) is 0 Å². The summed E-state index contributed by atoms with van der Waals surface area (Å²) >= 11 is 3.38. The quantitative estimate of drug-likeness (QED) is 0.722. The number of aromatic nitrogens is 6. The van der Waals surface area contributed by atoms with Crippen molar-refractivity contribution in [3.63, 3.8) is 0 Å². The lowest BCUT2D eigenvalue weighted by molar-refractivity contribution is 0.424. The molecule has 0 aliphatic heterocycles. The maximum Gasteiger partial charge on any atom is 0.251 e. The van der Waals surface area contributed by atoms with E-state index in [1.54, 1.807) is 10.9 Å². The maximum absolute atomic E-state index is 5.78. The van der Waals surface area contributed by atoms with Gasteiger partial charge in [-0.2, -0.15) is 10.2 Å². The summed E-state index contributed by atoms with van der Waals surface area (Å²) in [7, 11) is 1.87. The van der Waals surface area contributed by atoms with Gasteiger partial charge in [0.2, 0.25) is 5.89 Å². The van der Waals surface area contributed by atoms with E-state index in [0.29, 0.717) is 18.3 Å². The minimum absolute atomic E-state index is 0.0787. The first kappa shape index (κ1) is 14.0. The lowest BCUT2D eigenvalue weighted by Crippen LogP contribution is -2.06. The van der Waals surface area contributed by atoms with Gasteiger partial charge in [-0.15, -0.1) is 10.2 Å². The predicted molar refractivity (Wildman–Crippen MR) is 79.6 cm³/mol. The zero-order chi connectivity index (χ0) is 15.0. The van der Waals surface area contributed by atoms with Crippen LogP contribution in [0.1, 0.15) is 24.4 Å². The van der Waals surface area contributed by atoms with E-state index in [1.165, 1.54) is 0 Å². The first-order chi connectivity index (χ1) is 10.0. The van der Waals surface area contributed by atoms with Crippen LogP contribution < -0.4 is 0 Å². The standard InChI is InChI=1S/C13H15BrN6O/c1-8(5-20-6-10(14)4-15-20)12-16-17-13(21-12)11-7-19(3)18-9(11)2/h4,6-8H,5H2,1-3H3. The summed E-state index contributed by atoms with van der Waals surface area (Å²) in [6.45, 7) is 4.63. The number of hydrogen-bond acceptors (Lipinski definition) is 5. The molecule has 110 valence electrons. The number of rotatable bonds is 4. The Morgan fingerprint density at radius 3 is 2.76 bits per heavy atom. The van der Waals surface area contributed by atoms with Gasteiger partial charge in [0.1, 0.15) is 0 Å². The van der Waals surface area contributed by atoms with E-state index in [1.807, 2.05) is 38.0 Å². The van der Waals surface area contributed by atoms with Crippen LogP contribution in [-0.2, 0) is 13.6 Å². The van der Waals surface area contributed by atoms with Crippen LogP contribution in [0.25, 0.3) is 11.5 Å². The van der Waals surface area contributed by atoms with Gasteiger partial charge in [0, 0.05) is 19.4 Å². The topological polar surface area (TPSA) is 74.6 Å². The summed E-state index contributed by atoms with van der Waals surface area (Å²) in [6, 6.07) is 0. The Hall–Kier alpha value is -1.96. The van der Waals surface area contributed by atoms with Crippen molar-refractivity contribution in [2.45, 2.75) is 26.3 Å². The molecule has 3 heterocycles. The Morgan fingerprint density at radius 2 is 2.14 bits per heavy atom. The second kappa shape index (κ2) is 5.44. The average molecular weight is 351 g/mol. The van der Waals surface area contributed by atoms with Crippen molar-refractivity contribution in [3.05, 3.63) is 34.6 Å². The number of hydrogen-bond donors (Lipinski definition) is 0. The van der Waals surface area contributed by atoms with Crippen LogP contribution in [0.4, 0.5) is 0 Å². The third-order valence-corrected chi connectivity index (χ3v) is 3.58. The Morgan fingerprint density at radius 1 is 1.33 bits per heavy atom. The molecule has 3 rings (SSSR count). The van der Waals surface area contributed by atoms with Crippen molar-refractivity contribution in [2.75, 3.05) is 0 Å². The number of nitrogens with zero attached hydrogens (tertiary/aromatic N) is 6. The smallest absolute Gasteiger partial charge is 0.251 e. The fraction of sp³-hybridized carbons (Fsp3) is 0.385. The summed E-state index contributed by atoms with van der Waals surface area (Å²) in [5.41, 5.74) is 1.74. The molecule has 0 aliphatic carbocycles. The van der Waals surface area contributed by atoms with Gasteiger partial charge in [-0.3, -0.25) is 9.36 Å². The van der Waals surface area contributed by atoms with E-state index < -0.39 is 0 Å². The number of aryl methyl sites for hydroxylation is 2. The lowest BCUT2D eigenvalue weighted by atomic mass is 10.2. The summed E-state index contributed by atoms with van der Waals surface area (Å²) in [4.78, 5) is 0. The molecule has 3 aromatic heterocycles. The van der Waals surface area contributed by atoms with Gasteiger partial charge in [-0.25, -0.2) is 0 Å². The fourth-order valence-corrected chi connectivity index (χ4v) is 2.48. The van der Waals surface area contributed by atoms with Crippen LogP contribution in [0.5, 0.6) is 0 Å². The van der Waals surface area contributed by atoms with Crippen molar-refractivity contribution < 1.29 is 4.42 Å². The van der Waals surface area contributed by atoms with E-state index in [4.69, 9.17) is 4.42 Å². The molecule has 0 aromatic carbocycles. The molecule has 0 N–H and O–H groups in total. The minimum Gasteiger partial charge on any atom is -0.420 e. The van der Waals surface area contributed by atoms with E-state index in [2.05, 4.69) is 36.3 Å². The van der Waals surface area contributed by atoms with E-state index in [0.717, 1.165) is 15.7 Å². The molecule has 0 saturated carbocycles. The van der Waals surface area contributed by atoms with Crippen molar-refractivity contribution in [3.8, 4) is 11.5 Å². The van der Waals surface area contributed by atoms with E-state index in [-0.39, 0.29) is 5.92 Å². The van der Waals surface area contributed by atoms with E-state index >= 15 is 0 Å². The van der Waals surface area contributed by atoms with Crippen molar-refractivity contribution in [1.82, 2.24) is 29.8 Å². The lowest BCUT2D eigenvalue weighted by Gasteiger charge is -2.06. The van der Waals surface area contributed by atoms with Gasteiger partial charge >= 0.3 is 0 Å². The highest BCUT2D eigenvalue weighted by atomic mass is 79.9. The maximum atomic E-state index is 5.78. The van der Waals surface area contributed by atoms with Gasteiger partial charge < -0.3 is 4.42 Å². The highest BCUT2D eigenvalue weighted by Gasteiger charge is 2.18. The third kappa shape index (κ3) is 2.90. The van der Waals surface area contributed by atoms with Crippen molar-refractivity contribution in [1.29, 1.82) is 0 Å². The Kier molecular flexibility index (Phi) is 3.62. The largest absolute Gasteiger partial charge is 0.420 e. The Bertz CT molecular complexity index is 758. The van der Waals surface area contributed by atoms with Crippen molar-refractivity contribution in [2.24, 2.45) is 7.05 Å². The molecule has 0 radical (unpaired) electrons. The molecule has 0 saturated heterocycles. The molecule has 3 aromatic rings. The molecule has 8 heteroatoms. The molecule has 0 aliphatic rings. The van der Waals surface area contributed by atoms with Gasteiger partial charge in [0.25, 0.3) is 5.89 Å². The molecule has 0 bridgehead atoms.